The van der Waals surface area contributed by atoms with Gasteiger partial charge in [-0.1, -0.05) is 30.3 Å². The maximum atomic E-state index is 12.9. The highest BCUT2D eigenvalue weighted by Crippen LogP contribution is 2.40. The van der Waals surface area contributed by atoms with Gasteiger partial charge in [0.15, 0.2) is 0 Å². The first-order valence-electron chi connectivity index (χ1n) is 10.8. The topological polar surface area (TPSA) is 62.5 Å². The van der Waals surface area contributed by atoms with Crippen molar-refractivity contribution in [3.05, 3.63) is 59.8 Å². The minimum Gasteiger partial charge on any atom is -0.384 e. The summed E-state index contributed by atoms with van der Waals surface area (Å²) < 4.78 is 0. The number of amides is 1. The van der Waals surface area contributed by atoms with Crippen LogP contribution in [0, 0.1) is 11.8 Å². The summed E-state index contributed by atoms with van der Waals surface area (Å²) in [6.07, 6.45) is 7.55. The molecule has 1 aromatic heterocycles. The average Bonchev–Trinajstić information content (AvgIpc) is 3.17. The molecular weight excluding hydrogens is 360 g/mol. The standard InChI is InChI=1S/C24H32N4O/c1-27(12-5-8-18-6-3-2-4-7-18)22-14-19-10-13-28(17-21(19)15-22)24(29)20-9-11-26-23(25)16-20/h2-4,6-7,9,11,16,19,21-22H,5,8,10,12-15,17H2,1H3,(H2,25,26)/t19-,21-,22+/m1/s1. The van der Waals surface area contributed by atoms with Gasteiger partial charge in [-0.05, 0) is 75.2 Å². The summed E-state index contributed by atoms with van der Waals surface area (Å²) in [7, 11) is 2.27. The minimum atomic E-state index is 0.0946. The second-order valence-electron chi connectivity index (χ2n) is 8.72. The van der Waals surface area contributed by atoms with Gasteiger partial charge in [0.25, 0.3) is 5.91 Å². The lowest BCUT2D eigenvalue weighted by Gasteiger charge is -2.35. The Morgan fingerprint density at radius 1 is 1.21 bits per heavy atom. The van der Waals surface area contributed by atoms with Crippen LogP contribution in [0.1, 0.15) is 41.6 Å². The Hall–Kier alpha value is -2.40. The molecule has 4 rings (SSSR count). The van der Waals surface area contributed by atoms with Gasteiger partial charge in [0.2, 0.25) is 0 Å². The maximum Gasteiger partial charge on any atom is 0.254 e. The van der Waals surface area contributed by atoms with Crippen molar-refractivity contribution in [3.63, 3.8) is 0 Å². The number of benzene rings is 1. The Kier molecular flexibility index (Phi) is 6.14. The Labute approximate surface area is 173 Å². The van der Waals surface area contributed by atoms with Crippen LogP contribution < -0.4 is 5.73 Å². The van der Waals surface area contributed by atoms with E-state index in [0.717, 1.165) is 38.4 Å². The molecule has 2 aliphatic rings. The molecule has 0 bridgehead atoms. The zero-order valence-corrected chi connectivity index (χ0v) is 17.3. The van der Waals surface area contributed by atoms with Gasteiger partial charge >= 0.3 is 0 Å². The van der Waals surface area contributed by atoms with Crippen LogP contribution in [0.3, 0.4) is 0 Å². The number of rotatable bonds is 6. The predicted octanol–water partition coefficient (Wildman–Crippen LogP) is 3.47. The molecule has 154 valence electrons. The van der Waals surface area contributed by atoms with E-state index >= 15 is 0 Å². The van der Waals surface area contributed by atoms with E-state index in [9.17, 15) is 4.79 Å². The smallest absolute Gasteiger partial charge is 0.254 e. The van der Waals surface area contributed by atoms with E-state index in [0.29, 0.717) is 23.3 Å². The van der Waals surface area contributed by atoms with Crippen molar-refractivity contribution in [2.24, 2.45) is 11.8 Å². The highest BCUT2D eigenvalue weighted by molar-refractivity contribution is 5.94. The van der Waals surface area contributed by atoms with E-state index in [1.54, 1.807) is 18.3 Å². The van der Waals surface area contributed by atoms with Crippen LogP contribution in [0.25, 0.3) is 0 Å². The molecule has 2 fully saturated rings. The van der Waals surface area contributed by atoms with Gasteiger partial charge in [-0.25, -0.2) is 4.98 Å². The molecule has 3 atom stereocenters. The van der Waals surface area contributed by atoms with Crippen molar-refractivity contribution >= 4 is 11.7 Å². The molecule has 2 heterocycles. The first-order valence-corrected chi connectivity index (χ1v) is 10.8. The van der Waals surface area contributed by atoms with Gasteiger partial charge in [-0.3, -0.25) is 4.79 Å². The van der Waals surface area contributed by atoms with Crippen LogP contribution in [0.2, 0.25) is 0 Å². The molecule has 1 saturated carbocycles. The predicted molar refractivity (Wildman–Crippen MR) is 117 cm³/mol. The number of nitrogens with two attached hydrogens (primary N) is 1. The van der Waals surface area contributed by atoms with Gasteiger partial charge in [-0.15, -0.1) is 0 Å². The average molecular weight is 393 g/mol. The maximum absolute atomic E-state index is 12.9. The molecule has 1 aliphatic heterocycles. The fourth-order valence-corrected chi connectivity index (χ4v) is 5.12. The molecule has 5 heteroatoms. The van der Waals surface area contributed by atoms with E-state index in [4.69, 9.17) is 5.73 Å². The van der Waals surface area contributed by atoms with Crippen LogP contribution in [0.5, 0.6) is 0 Å². The van der Waals surface area contributed by atoms with Crippen LogP contribution in [0.15, 0.2) is 48.7 Å². The molecule has 1 aromatic carbocycles. The fourth-order valence-electron chi connectivity index (χ4n) is 5.12. The number of hydrogen-bond donors (Lipinski definition) is 1. The second kappa shape index (κ2) is 8.95. The molecule has 2 N–H and O–H groups in total. The number of carbonyl (C=O) groups excluding carboxylic acids is 1. The lowest BCUT2D eigenvalue weighted by atomic mass is 9.88. The molecule has 1 aliphatic carbocycles. The minimum absolute atomic E-state index is 0.0946. The third-order valence-electron chi connectivity index (χ3n) is 6.80. The SMILES string of the molecule is CN(CCCc1ccccc1)[C@H]1C[C@H]2CCN(C(=O)c3ccnc(N)c3)C[C@H]2C1. The molecular formula is C24H32N4O. The van der Waals surface area contributed by atoms with E-state index in [1.165, 1.54) is 24.8 Å². The Morgan fingerprint density at radius 2 is 2.00 bits per heavy atom. The van der Waals surface area contributed by atoms with Crippen molar-refractivity contribution in [2.75, 3.05) is 32.4 Å². The van der Waals surface area contributed by atoms with E-state index in [1.807, 2.05) is 4.90 Å². The number of anilines is 1. The Morgan fingerprint density at radius 3 is 2.79 bits per heavy atom. The zero-order valence-electron chi connectivity index (χ0n) is 17.3. The largest absolute Gasteiger partial charge is 0.384 e. The first kappa shape index (κ1) is 19.9. The van der Waals surface area contributed by atoms with Gasteiger partial charge in [0.05, 0.1) is 0 Å². The van der Waals surface area contributed by atoms with Gasteiger partial charge in [0.1, 0.15) is 5.82 Å². The summed E-state index contributed by atoms with van der Waals surface area (Å²) in [6.45, 7) is 2.87. The third-order valence-corrected chi connectivity index (χ3v) is 6.80. The number of nitrogens with zero attached hydrogens (tertiary/aromatic N) is 3. The lowest BCUT2D eigenvalue weighted by Crippen LogP contribution is -2.42. The van der Waals surface area contributed by atoms with Crippen molar-refractivity contribution in [3.8, 4) is 0 Å². The molecule has 5 nitrogen and oxygen atoms in total. The van der Waals surface area contributed by atoms with Gasteiger partial charge in [0, 0.05) is 30.9 Å². The van der Waals surface area contributed by atoms with Gasteiger partial charge in [-0.2, -0.15) is 0 Å². The van der Waals surface area contributed by atoms with E-state index in [-0.39, 0.29) is 5.91 Å². The lowest BCUT2D eigenvalue weighted by molar-refractivity contribution is 0.0627. The Bertz CT molecular complexity index is 825. The molecule has 0 radical (unpaired) electrons. The molecule has 0 unspecified atom stereocenters. The fraction of sp³-hybridized carbons (Fsp3) is 0.500. The summed E-state index contributed by atoms with van der Waals surface area (Å²) >= 11 is 0. The summed E-state index contributed by atoms with van der Waals surface area (Å²) in [5.74, 6) is 1.87. The molecule has 1 saturated heterocycles. The normalized spacial score (nSPS) is 23.9. The van der Waals surface area contributed by atoms with Crippen molar-refractivity contribution in [1.82, 2.24) is 14.8 Å². The quantitative estimate of drug-likeness (QED) is 0.818. The number of hydrogen-bond acceptors (Lipinski definition) is 4. The Balaban J connectivity index is 1.28. The van der Waals surface area contributed by atoms with E-state index < -0.39 is 0 Å². The first-order chi connectivity index (χ1) is 14.1. The highest BCUT2D eigenvalue weighted by Gasteiger charge is 2.40. The van der Waals surface area contributed by atoms with Crippen molar-refractivity contribution in [2.45, 2.75) is 38.1 Å². The third kappa shape index (κ3) is 4.78. The number of pyridine rings is 1. The summed E-state index contributed by atoms with van der Waals surface area (Å²) in [5.41, 5.74) is 7.83. The van der Waals surface area contributed by atoms with Crippen LogP contribution in [0.4, 0.5) is 5.82 Å². The number of likely N-dealkylation sites (tertiary alicyclic amines) is 1. The number of nitrogen functional groups attached to an aromatic ring is 1. The number of aryl methyl sites for hydroxylation is 1. The monoisotopic (exact) mass is 392 g/mol. The second-order valence-corrected chi connectivity index (χ2v) is 8.72. The summed E-state index contributed by atoms with van der Waals surface area (Å²) in [4.78, 5) is 21.4. The van der Waals surface area contributed by atoms with Crippen LogP contribution in [-0.2, 0) is 6.42 Å². The molecule has 2 aromatic rings. The van der Waals surface area contributed by atoms with Crippen molar-refractivity contribution < 1.29 is 4.79 Å². The zero-order chi connectivity index (χ0) is 20.2. The molecule has 0 spiro atoms. The molecule has 1 amide bonds. The van der Waals surface area contributed by atoms with Gasteiger partial charge < -0.3 is 15.5 Å². The highest BCUT2D eigenvalue weighted by atomic mass is 16.2. The summed E-state index contributed by atoms with van der Waals surface area (Å²) in [6, 6.07) is 14.8. The molecule has 29 heavy (non-hydrogen) atoms. The van der Waals surface area contributed by atoms with Crippen LogP contribution in [-0.4, -0.2) is 53.4 Å². The number of aromatic nitrogens is 1. The number of fused-ring (bicyclic) bond motifs is 1. The van der Waals surface area contributed by atoms with Crippen LogP contribution >= 0.6 is 0 Å². The van der Waals surface area contributed by atoms with E-state index in [2.05, 4.69) is 47.3 Å². The van der Waals surface area contributed by atoms with Crippen molar-refractivity contribution in [1.29, 1.82) is 0 Å². The number of piperidine rings is 1. The number of carbonyl (C=O) groups is 1. The summed E-state index contributed by atoms with van der Waals surface area (Å²) in [5, 5.41) is 0.